The van der Waals surface area contributed by atoms with E-state index in [0.717, 1.165) is 22.4 Å². The van der Waals surface area contributed by atoms with Crippen molar-refractivity contribution in [1.29, 1.82) is 0 Å². The number of benzene rings is 2. The Morgan fingerprint density at radius 2 is 1.90 bits per heavy atom. The highest BCUT2D eigenvalue weighted by atomic mass is 32.2. The number of amides is 1. The Morgan fingerprint density at radius 3 is 2.63 bits per heavy atom. The van der Waals surface area contributed by atoms with E-state index in [2.05, 4.69) is 15.5 Å². The maximum Gasteiger partial charge on any atom is 0.233 e. The van der Waals surface area contributed by atoms with Gasteiger partial charge in [0.05, 0.1) is 25.7 Å². The van der Waals surface area contributed by atoms with Crippen LogP contribution in [0.5, 0.6) is 11.5 Å². The van der Waals surface area contributed by atoms with Crippen LogP contribution in [0.25, 0.3) is 5.69 Å². The minimum absolute atomic E-state index is 0.0413. The number of ether oxygens (including phenoxy) is 2. The third-order valence-corrected chi connectivity index (χ3v) is 5.79. The van der Waals surface area contributed by atoms with Gasteiger partial charge in [0.1, 0.15) is 0 Å². The molecule has 3 aromatic rings. The van der Waals surface area contributed by atoms with Gasteiger partial charge in [-0.1, -0.05) is 36.0 Å². The molecule has 0 aliphatic carbocycles. The van der Waals surface area contributed by atoms with E-state index in [1.165, 1.54) is 11.8 Å². The molecule has 0 aliphatic heterocycles. The van der Waals surface area contributed by atoms with Gasteiger partial charge in [0, 0.05) is 19.2 Å². The predicted molar refractivity (Wildman–Crippen MR) is 115 cm³/mol. The average molecular weight is 428 g/mol. The molecule has 30 heavy (non-hydrogen) atoms. The number of nitrogens with zero attached hydrogens (tertiary/aromatic N) is 5. The molecule has 1 heterocycles. The fourth-order valence-corrected chi connectivity index (χ4v) is 3.87. The molecule has 2 aromatic carbocycles. The zero-order valence-corrected chi connectivity index (χ0v) is 18.6. The first-order valence-corrected chi connectivity index (χ1v) is 10.4. The van der Waals surface area contributed by atoms with Crippen LogP contribution in [0.3, 0.4) is 0 Å². The van der Waals surface area contributed by atoms with Crippen LogP contribution in [0, 0.1) is 13.8 Å². The van der Waals surface area contributed by atoms with Gasteiger partial charge in [-0.25, -0.2) is 0 Å². The summed E-state index contributed by atoms with van der Waals surface area (Å²) in [6, 6.07) is 11.6. The lowest BCUT2D eigenvalue weighted by molar-refractivity contribution is -0.127. The molecule has 1 amide bonds. The summed E-state index contributed by atoms with van der Waals surface area (Å²) in [5, 5.41) is 12.5. The summed E-state index contributed by atoms with van der Waals surface area (Å²) in [6.45, 7) is 4.48. The van der Waals surface area contributed by atoms with Gasteiger partial charge in [-0.3, -0.25) is 4.79 Å². The van der Waals surface area contributed by atoms with E-state index in [0.29, 0.717) is 23.2 Å². The number of carbonyl (C=O) groups is 1. The van der Waals surface area contributed by atoms with Crippen LogP contribution < -0.4 is 9.47 Å². The number of tetrazole rings is 1. The van der Waals surface area contributed by atoms with Crippen molar-refractivity contribution < 1.29 is 14.3 Å². The molecule has 0 radical (unpaired) electrons. The van der Waals surface area contributed by atoms with Crippen LogP contribution in [0.1, 0.15) is 16.7 Å². The van der Waals surface area contributed by atoms with Crippen LogP contribution in [0.15, 0.2) is 41.6 Å². The lowest BCUT2D eigenvalue weighted by Gasteiger charge is -2.19. The van der Waals surface area contributed by atoms with Gasteiger partial charge in [0.15, 0.2) is 11.5 Å². The average Bonchev–Trinajstić information content (AvgIpc) is 3.21. The third kappa shape index (κ3) is 4.56. The summed E-state index contributed by atoms with van der Waals surface area (Å²) in [6.07, 6.45) is 0. The van der Waals surface area contributed by atoms with Gasteiger partial charge >= 0.3 is 0 Å². The topological polar surface area (TPSA) is 82.4 Å². The number of aromatic nitrogens is 4. The molecule has 0 spiro atoms. The summed E-state index contributed by atoms with van der Waals surface area (Å²) >= 11 is 1.31. The number of hydrogen-bond acceptors (Lipinski definition) is 7. The molecular weight excluding hydrogens is 402 g/mol. The molecule has 8 nitrogen and oxygen atoms in total. The Morgan fingerprint density at radius 1 is 1.13 bits per heavy atom. The smallest absolute Gasteiger partial charge is 0.233 e. The molecular formula is C21H25N5O3S. The fourth-order valence-electron chi connectivity index (χ4n) is 3.04. The molecule has 9 heteroatoms. The van der Waals surface area contributed by atoms with Crippen molar-refractivity contribution in [2.45, 2.75) is 25.5 Å². The molecule has 0 N–H and O–H groups in total. The predicted octanol–water partition coefficient (Wildman–Crippen LogP) is 3.05. The van der Waals surface area contributed by atoms with Crippen molar-refractivity contribution in [2.24, 2.45) is 0 Å². The van der Waals surface area contributed by atoms with Gasteiger partial charge in [-0.15, -0.1) is 5.10 Å². The molecule has 3 rings (SSSR count). The number of rotatable bonds is 8. The van der Waals surface area contributed by atoms with Crippen molar-refractivity contribution in [3.8, 4) is 17.2 Å². The molecule has 1 aromatic heterocycles. The first kappa shape index (κ1) is 21.6. The number of hydrogen-bond donors (Lipinski definition) is 0. The Bertz CT molecular complexity index is 1040. The van der Waals surface area contributed by atoms with Crippen molar-refractivity contribution in [3.05, 3.63) is 53.1 Å². The van der Waals surface area contributed by atoms with E-state index in [1.54, 1.807) is 30.8 Å². The maximum absolute atomic E-state index is 12.7. The van der Waals surface area contributed by atoms with E-state index in [1.807, 2.05) is 50.2 Å². The summed E-state index contributed by atoms with van der Waals surface area (Å²) in [5.41, 5.74) is 4.03. The first-order chi connectivity index (χ1) is 14.5. The summed E-state index contributed by atoms with van der Waals surface area (Å²) in [7, 11) is 4.94. The minimum Gasteiger partial charge on any atom is -0.493 e. The lowest BCUT2D eigenvalue weighted by Crippen LogP contribution is -2.28. The number of para-hydroxylation sites is 1. The summed E-state index contributed by atoms with van der Waals surface area (Å²) < 4.78 is 12.5. The number of carbonyl (C=O) groups excluding carboxylic acids is 1. The largest absolute Gasteiger partial charge is 0.493 e. The van der Waals surface area contributed by atoms with Gasteiger partial charge in [0.2, 0.25) is 11.1 Å². The van der Waals surface area contributed by atoms with Crippen LogP contribution in [-0.4, -0.2) is 58.0 Å². The second-order valence-electron chi connectivity index (χ2n) is 6.78. The Kier molecular flexibility index (Phi) is 6.94. The van der Waals surface area contributed by atoms with Gasteiger partial charge in [-0.05, 0) is 47.5 Å². The Balaban J connectivity index is 1.69. The van der Waals surface area contributed by atoms with Crippen LogP contribution in [-0.2, 0) is 11.3 Å². The normalized spacial score (nSPS) is 10.7. The molecule has 158 valence electrons. The van der Waals surface area contributed by atoms with Crippen LogP contribution in [0.2, 0.25) is 0 Å². The van der Waals surface area contributed by atoms with Gasteiger partial charge in [-0.2, -0.15) is 4.68 Å². The van der Waals surface area contributed by atoms with E-state index < -0.39 is 0 Å². The molecule has 0 aliphatic rings. The number of methoxy groups -OCH3 is 2. The Hall–Kier alpha value is -3.07. The number of aryl methyl sites for hydroxylation is 1. The second kappa shape index (κ2) is 9.62. The quantitative estimate of drug-likeness (QED) is 0.511. The molecule has 0 unspecified atom stereocenters. The van der Waals surface area contributed by atoms with Gasteiger partial charge in [0.25, 0.3) is 0 Å². The number of thioether (sulfide) groups is 1. The van der Waals surface area contributed by atoms with Gasteiger partial charge < -0.3 is 14.4 Å². The molecule has 0 atom stereocenters. The lowest BCUT2D eigenvalue weighted by atomic mass is 10.1. The summed E-state index contributed by atoms with van der Waals surface area (Å²) in [5.74, 6) is 1.44. The second-order valence-corrected chi connectivity index (χ2v) is 7.73. The van der Waals surface area contributed by atoms with Crippen LogP contribution >= 0.6 is 11.8 Å². The van der Waals surface area contributed by atoms with E-state index in [-0.39, 0.29) is 11.7 Å². The zero-order valence-electron chi connectivity index (χ0n) is 17.7. The Labute approximate surface area is 180 Å². The monoisotopic (exact) mass is 427 g/mol. The van der Waals surface area contributed by atoms with Crippen molar-refractivity contribution in [1.82, 2.24) is 25.1 Å². The summed E-state index contributed by atoms with van der Waals surface area (Å²) in [4.78, 5) is 14.4. The first-order valence-electron chi connectivity index (χ1n) is 9.37. The molecule has 0 fully saturated rings. The van der Waals surface area contributed by atoms with E-state index in [9.17, 15) is 4.79 Å². The highest BCUT2D eigenvalue weighted by Crippen LogP contribution is 2.31. The van der Waals surface area contributed by atoms with Crippen molar-refractivity contribution >= 4 is 17.7 Å². The highest BCUT2D eigenvalue weighted by molar-refractivity contribution is 7.99. The minimum atomic E-state index is -0.0413. The van der Waals surface area contributed by atoms with Crippen LogP contribution in [0.4, 0.5) is 0 Å². The van der Waals surface area contributed by atoms with Crippen molar-refractivity contribution in [3.63, 3.8) is 0 Å². The fraction of sp³-hybridized carbons (Fsp3) is 0.333. The van der Waals surface area contributed by atoms with E-state index >= 15 is 0 Å². The van der Waals surface area contributed by atoms with Crippen molar-refractivity contribution in [2.75, 3.05) is 27.0 Å². The molecule has 0 saturated heterocycles. The zero-order chi connectivity index (χ0) is 21.7. The molecule has 0 bridgehead atoms. The maximum atomic E-state index is 12.7. The SMILES string of the molecule is COc1cccc(CN(C)C(=O)CSc2nnnn2-c2cccc(C)c2C)c1OC. The standard InChI is InChI=1S/C21H25N5O3S/c1-14-8-6-10-17(15(14)2)26-21(22-23-24-26)30-13-19(27)25(3)12-16-9-7-11-18(28-4)20(16)29-5/h6-11H,12-13H2,1-5H3. The van der Waals surface area contributed by atoms with E-state index in [4.69, 9.17) is 9.47 Å². The third-order valence-electron chi connectivity index (χ3n) is 4.89. The molecule has 0 saturated carbocycles. The highest BCUT2D eigenvalue weighted by Gasteiger charge is 2.18.